The van der Waals surface area contributed by atoms with E-state index in [1.165, 1.54) is 6.07 Å². The number of benzene rings is 1. The zero-order valence-corrected chi connectivity index (χ0v) is 19.4. The second-order valence-corrected chi connectivity index (χ2v) is 9.70. The van der Waals surface area contributed by atoms with Crippen LogP contribution in [-0.2, 0) is 14.2 Å². The average molecular weight is 517 g/mol. The third-order valence-corrected chi connectivity index (χ3v) is 7.28. The van der Waals surface area contributed by atoms with Crippen LogP contribution in [0.4, 0.5) is 0 Å². The van der Waals surface area contributed by atoms with Gasteiger partial charge in [-0.1, -0.05) is 11.8 Å². The molecule has 2 aliphatic heterocycles. The summed E-state index contributed by atoms with van der Waals surface area (Å²) in [5, 5.41) is 71.5. The molecule has 2 fully saturated rings. The van der Waals surface area contributed by atoms with Crippen molar-refractivity contribution in [3.05, 3.63) is 40.2 Å². The fourth-order valence-corrected chi connectivity index (χ4v) is 5.25. The van der Waals surface area contributed by atoms with E-state index in [0.29, 0.717) is 10.5 Å². The lowest BCUT2D eigenvalue weighted by Gasteiger charge is -2.46. The molecule has 1 aromatic heterocycles. The number of ether oxygens (including phenoxy) is 3. The number of thioether (sulfide) groups is 1. The maximum atomic E-state index is 11.7. The van der Waals surface area contributed by atoms with E-state index in [0.717, 1.165) is 22.7 Å². The summed E-state index contributed by atoms with van der Waals surface area (Å²) in [7, 11) is 0. The zero-order chi connectivity index (χ0) is 25.4. The quantitative estimate of drug-likeness (QED) is 0.205. The van der Waals surface area contributed by atoms with Gasteiger partial charge in [0.15, 0.2) is 6.29 Å². The summed E-state index contributed by atoms with van der Waals surface area (Å²) in [6.45, 7) is 0.470. The number of aliphatic hydroxyl groups is 7. The molecule has 4 rings (SSSR count). The van der Waals surface area contributed by atoms with Gasteiger partial charge in [-0.3, -0.25) is 0 Å². The molecule has 3 heterocycles. The molecule has 13 heteroatoms. The summed E-state index contributed by atoms with van der Waals surface area (Å²) in [5.41, 5.74) is -0.472. The number of aliphatic hydroxyl groups excluding tert-OH is 7. The predicted molar refractivity (Wildman–Crippen MR) is 119 cm³/mol. The number of aryl methyl sites for hydroxylation is 1. The lowest BCUT2D eigenvalue weighted by atomic mass is 9.97. The number of fused-ring (bicyclic) bond motifs is 1. The van der Waals surface area contributed by atoms with Crippen molar-refractivity contribution in [1.82, 2.24) is 0 Å². The van der Waals surface area contributed by atoms with Crippen LogP contribution < -0.4 is 5.63 Å². The Kier molecular flexibility index (Phi) is 8.15. The number of hydrogen-bond acceptors (Lipinski definition) is 13. The molecule has 10 atom stereocenters. The first-order chi connectivity index (χ1) is 16.6. The summed E-state index contributed by atoms with van der Waals surface area (Å²) >= 11 is 1.03. The van der Waals surface area contributed by atoms with Gasteiger partial charge in [0.05, 0.1) is 13.2 Å². The van der Waals surface area contributed by atoms with E-state index in [2.05, 4.69) is 0 Å². The fraction of sp³-hybridized carbons (Fsp3) is 0.591. The molecule has 0 saturated carbocycles. The number of hydrogen-bond donors (Lipinski definition) is 7. The predicted octanol–water partition coefficient (Wildman–Crippen LogP) is -2.18. The second kappa shape index (κ2) is 10.8. The first kappa shape index (κ1) is 26.4. The minimum absolute atomic E-state index is 0.341. The Morgan fingerprint density at radius 2 is 1.60 bits per heavy atom. The second-order valence-electron chi connectivity index (χ2n) is 8.53. The monoisotopic (exact) mass is 516 g/mol. The maximum Gasteiger partial charge on any atom is 0.336 e. The molecule has 0 bridgehead atoms. The highest BCUT2D eigenvalue weighted by Gasteiger charge is 2.50. The Morgan fingerprint density at radius 1 is 0.886 bits per heavy atom. The molecule has 0 amide bonds. The summed E-state index contributed by atoms with van der Waals surface area (Å²) in [4.78, 5) is 12.3. The highest BCUT2D eigenvalue weighted by Crippen LogP contribution is 2.36. The molecule has 12 nitrogen and oxygen atoms in total. The largest absolute Gasteiger partial charge is 0.423 e. The molecule has 2 aromatic rings. The summed E-state index contributed by atoms with van der Waals surface area (Å²) in [6.07, 6.45) is -13.5. The molecule has 0 unspecified atom stereocenters. The van der Waals surface area contributed by atoms with Gasteiger partial charge in [-0.05, 0) is 30.7 Å². The van der Waals surface area contributed by atoms with Crippen LogP contribution in [0.25, 0.3) is 11.0 Å². The highest BCUT2D eigenvalue weighted by molar-refractivity contribution is 7.99. The lowest BCUT2D eigenvalue weighted by molar-refractivity contribution is -0.338. The van der Waals surface area contributed by atoms with Gasteiger partial charge in [0.25, 0.3) is 0 Å². The van der Waals surface area contributed by atoms with E-state index in [9.17, 15) is 40.5 Å². The molecule has 35 heavy (non-hydrogen) atoms. The molecular formula is C22H28O12S. The molecule has 0 spiro atoms. The summed E-state index contributed by atoms with van der Waals surface area (Å²) < 4.78 is 21.8. The standard InChI is InChI=1S/C22H28O12S/c1-8-4-14(25)31-11-5-9(2-3-10(8)11)35-22-19(30)17(28)20(13(7-24)33-22)34-21-18(29)16(27)15(26)12(6-23)32-21/h2-5,12-13,15-24,26-30H,6-7H2,1H3/t12-,13-,15-,16+,17-,18-,19-,20-,21+,22+/m1/s1. The van der Waals surface area contributed by atoms with Crippen LogP contribution in [0.3, 0.4) is 0 Å². The van der Waals surface area contributed by atoms with Crippen molar-refractivity contribution < 1.29 is 54.4 Å². The smallest absolute Gasteiger partial charge is 0.336 e. The van der Waals surface area contributed by atoms with Crippen LogP contribution in [0.2, 0.25) is 0 Å². The molecular weight excluding hydrogens is 488 g/mol. The van der Waals surface area contributed by atoms with Crippen LogP contribution in [0.1, 0.15) is 5.56 Å². The SMILES string of the molecule is Cc1cc(=O)oc2cc(S[C@@H]3O[C@H](CO)[C@@H](O[C@@H]4O[C@H](CO)[C@@H](O)[C@H](O)[C@H]4O)[C@H](O)[C@H]3O)ccc12. The molecule has 2 aliphatic rings. The topological polar surface area (TPSA) is 200 Å². The molecule has 194 valence electrons. The summed E-state index contributed by atoms with van der Waals surface area (Å²) in [6, 6.07) is 6.45. The highest BCUT2D eigenvalue weighted by atomic mass is 32.2. The third-order valence-electron chi connectivity index (χ3n) is 6.14. The first-order valence-corrected chi connectivity index (χ1v) is 11.8. The lowest BCUT2D eigenvalue weighted by Crippen LogP contribution is -2.64. The molecule has 2 saturated heterocycles. The molecule has 0 aliphatic carbocycles. The van der Waals surface area contributed by atoms with E-state index in [4.69, 9.17) is 18.6 Å². The normalized spacial score (nSPS) is 38.1. The maximum absolute atomic E-state index is 11.7. The summed E-state index contributed by atoms with van der Waals surface area (Å²) in [5.74, 6) is 0. The van der Waals surface area contributed by atoms with Crippen LogP contribution in [0.5, 0.6) is 0 Å². The van der Waals surface area contributed by atoms with Gasteiger partial charge in [-0.25, -0.2) is 4.79 Å². The first-order valence-electron chi connectivity index (χ1n) is 10.9. The van der Waals surface area contributed by atoms with Gasteiger partial charge < -0.3 is 54.4 Å². The van der Waals surface area contributed by atoms with Gasteiger partial charge in [-0.2, -0.15) is 0 Å². The van der Waals surface area contributed by atoms with Crippen molar-refractivity contribution in [3.8, 4) is 0 Å². The average Bonchev–Trinajstić information content (AvgIpc) is 2.83. The van der Waals surface area contributed by atoms with Crippen molar-refractivity contribution in [2.45, 2.75) is 72.4 Å². The van der Waals surface area contributed by atoms with Gasteiger partial charge in [0, 0.05) is 16.3 Å². The van der Waals surface area contributed by atoms with Crippen LogP contribution in [0, 0.1) is 6.92 Å². The van der Waals surface area contributed by atoms with E-state index < -0.39 is 79.4 Å². The minimum Gasteiger partial charge on any atom is -0.423 e. The van der Waals surface area contributed by atoms with Crippen LogP contribution in [-0.4, -0.2) is 110 Å². The number of rotatable bonds is 6. The van der Waals surface area contributed by atoms with Gasteiger partial charge in [-0.15, -0.1) is 0 Å². The van der Waals surface area contributed by atoms with E-state index in [1.54, 1.807) is 25.1 Å². The zero-order valence-electron chi connectivity index (χ0n) is 18.6. The Balaban J connectivity index is 1.50. The third kappa shape index (κ3) is 5.26. The van der Waals surface area contributed by atoms with Gasteiger partial charge in [0.1, 0.15) is 59.9 Å². The van der Waals surface area contributed by atoms with Crippen molar-refractivity contribution in [2.75, 3.05) is 13.2 Å². The van der Waals surface area contributed by atoms with Crippen LogP contribution >= 0.6 is 11.8 Å². The van der Waals surface area contributed by atoms with E-state index >= 15 is 0 Å². The molecule has 0 radical (unpaired) electrons. The molecule has 1 aromatic carbocycles. The Hall–Kier alpha value is -1.62. The van der Waals surface area contributed by atoms with Crippen molar-refractivity contribution in [3.63, 3.8) is 0 Å². The Morgan fingerprint density at radius 3 is 2.29 bits per heavy atom. The molecule has 7 N–H and O–H groups in total. The van der Waals surface area contributed by atoms with E-state index in [1.807, 2.05) is 0 Å². The Labute approximate surface area is 203 Å². The fourth-order valence-electron chi connectivity index (χ4n) is 4.17. The minimum atomic E-state index is -1.74. The van der Waals surface area contributed by atoms with Crippen molar-refractivity contribution >= 4 is 22.7 Å². The van der Waals surface area contributed by atoms with Crippen LogP contribution in [0.15, 0.2) is 38.4 Å². The van der Waals surface area contributed by atoms with Crippen molar-refractivity contribution in [1.29, 1.82) is 0 Å². The van der Waals surface area contributed by atoms with E-state index in [-0.39, 0.29) is 0 Å². The van der Waals surface area contributed by atoms with Gasteiger partial charge >= 0.3 is 5.63 Å². The van der Waals surface area contributed by atoms with Gasteiger partial charge in [0.2, 0.25) is 0 Å². The Bertz CT molecular complexity index is 1070. The van der Waals surface area contributed by atoms with Crippen molar-refractivity contribution in [2.24, 2.45) is 0 Å².